The van der Waals surface area contributed by atoms with E-state index in [0.717, 1.165) is 32.2 Å². The Labute approximate surface area is 130 Å². The van der Waals surface area contributed by atoms with Gasteiger partial charge in [-0.2, -0.15) is 13.2 Å². The zero-order valence-corrected chi connectivity index (χ0v) is 13.2. The highest BCUT2D eigenvalue weighted by Crippen LogP contribution is 2.41. The van der Waals surface area contributed by atoms with Gasteiger partial charge >= 0.3 is 6.18 Å². The van der Waals surface area contributed by atoms with Gasteiger partial charge in [0.2, 0.25) is 0 Å². The molecule has 1 aromatic carbocycles. The van der Waals surface area contributed by atoms with E-state index in [1.54, 1.807) is 12.1 Å². The molecular formula is C15H18BrF3N2. The molecule has 2 fully saturated rings. The van der Waals surface area contributed by atoms with Crippen molar-refractivity contribution in [2.45, 2.75) is 43.9 Å². The molecule has 0 aliphatic carbocycles. The lowest BCUT2D eigenvalue weighted by Gasteiger charge is -2.33. The summed E-state index contributed by atoms with van der Waals surface area (Å²) in [6.45, 7) is 1.68. The number of nitrogens with zero attached hydrogens (tertiary/aromatic N) is 1. The van der Waals surface area contributed by atoms with Crippen LogP contribution < -0.4 is 10.2 Å². The second-order valence-corrected chi connectivity index (χ2v) is 6.68. The van der Waals surface area contributed by atoms with Gasteiger partial charge in [0, 0.05) is 28.8 Å². The average molecular weight is 363 g/mol. The van der Waals surface area contributed by atoms with Crippen LogP contribution in [0.4, 0.5) is 18.9 Å². The highest BCUT2D eigenvalue weighted by Gasteiger charge is 2.39. The van der Waals surface area contributed by atoms with Crippen LogP contribution >= 0.6 is 15.9 Å². The molecule has 0 saturated carbocycles. The maximum atomic E-state index is 13.3. The maximum Gasteiger partial charge on any atom is 0.418 e. The lowest BCUT2D eigenvalue weighted by Crippen LogP contribution is -2.44. The summed E-state index contributed by atoms with van der Waals surface area (Å²) in [7, 11) is 0. The van der Waals surface area contributed by atoms with Crippen molar-refractivity contribution in [1.29, 1.82) is 0 Å². The molecule has 6 heteroatoms. The molecule has 0 aromatic heterocycles. The van der Waals surface area contributed by atoms with Gasteiger partial charge in [-0.3, -0.25) is 0 Å². The Morgan fingerprint density at radius 2 is 2.00 bits per heavy atom. The van der Waals surface area contributed by atoms with E-state index < -0.39 is 11.7 Å². The summed E-state index contributed by atoms with van der Waals surface area (Å²) in [5.41, 5.74) is -0.219. The highest BCUT2D eigenvalue weighted by molar-refractivity contribution is 9.10. The van der Waals surface area contributed by atoms with Gasteiger partial charge in [0.05, 0.1) is 5.56 Å². The van der Waals surface area contributed by atoms with E-state index in [4.69, 9.17) is 0 Å². The van der Waals surface area contributed by atoms with Crippen molar-refractivity contribution in [2.75, 3.05) is 18.0 Å². The minimum Gasteiger partial charge on any atom is -0.366 e. The summed E-state index contributed by atoms with van der Waals surface area (Å²) in [4.78, 5) is 1.96. The van der Waals surface area contributed by atoms with Crippen LogP contribution in [0.15, 0.2) is 22.7 Å². The number of alkyl halides is 3. The summed E-state index contributed by atoms with van der Waals surface area (Å²) in [5.74, 6) is 0. The number of halogens is 4. The van der Waals surface area contributed by atoms with Crippen molar-refractivity contribution in [3.63, 3.8) is 0 Å². The average Bonchev–Trinajstić information content (AvgIpc) is 3.08. The van der Waals surface area contributed by atoms with Crippen LogP contribution in [0.1, 0.15) is 31.2 Å². The van der Waals surface area contributed by atoms with Gasteiger partial charge < -0.3 is 10.2 Å². The van der Waals surface area contributed by atoms with E-state index in [1.165, 1.54) is 6.07 Å². The lowest BCUT2D eigenvalue weighted by atomic mass is 10.0. The highest BCUT2D eigenvalue weighted by atomic mass is 79.9. The van der Waals surface area contributed by atoms with E-state index in [1.807, 2.05) is 4.90 Å². The number of rotatable bonds is 2. The van der Waals surface area contributed by atoms with E-state index in [0.29, 0.717) is 22.7 Å². The fourth-order valence-corrected chi connectivity index (χ4v) is 3.90. The standard InChI is InChI=1S/C15H18BrF3N2/c16-10-5-6-13(11(9-10)15(17,18)19)21-8-2-4-14(21)12-3-1-7-20-12/h5-6,9,12,14,20H,1-4,7-8H2. The molecule has 0 amide bonds. The quantitative estimate of drug-likeness (QED) is 0.848. The predicted octanol–water partition coefficient (Wildman–Crippen LogP) is 4.19. The van der Waals surface area contributed by atoms with E-state index in [-0.39, 0.29) is 6.04 Å². The molecule has 21 heavy (non-hydrogen) atoms. The SMILES string of the molecule is FC(F)(F)c1cc(Br)ccc1N1CCCC1C1CCCN1. The molecule has 116 valence electrons. The molecule has 2 aliphatic rings. The number of hydrogen-bond acceptors (Lipinski definition) is 2. The number of hydrogen-bond donors (Lipinski definition) is 1. The Bertz CT molecular complexity index is 512. The van der Waals surface area contributed by atoms with E-state index in [2.05, 4.69) is 21.2 Å². The molecule has 0 spiro atoms. The molecule has 2 heterocycles. The molecule has 0 radical (unpaired) electrons. The van der Waals surface area contributed by atoms with Crippen LogP contribution in [0, 0.1) is 0 Å². The van der Waals surface area contributed by atoms with Gasteiger partial charge in [-0.05, 0) is 50.4 Å². The van der Waals surface area contributed by atoms with Crippen LogP contribution in [0.2, 0.25) is 0 Å². The first-order chi connectivity index (χ1) is 9.97. The molecule has 2 atom stereocenters. The molecule has 2 saturated heterocycles. The number of nitrogens with one attached hydrogen (secondary N) is 1. The molecule has 2 unspecified atom stereocenters. The fraction of sp³-hybridized carbons (Fsp3) is 0.600. The van der Waals surface area contributed by atoms with Crippen molar-refractivity contribution in [3.05, 3.63) is 28.2 Å². The van der Waals surface area contributed by atoms with Crippen molar-refractivity contribution < 1.29 is 13.2 Å². The molecule has 1 N–H and O–H groups in total. The van der Waals surface area contributed by atoms with Crippen LogP contribution in [-0.2, 0) is 6.18 Å². The van der Waals surface area contributed by atoms with Crippen molar-refractivity contribution in [3.8, 4) is 0 Å². The van der Waals surface area contributed by atoms with Crippen LogP contribution in [0.3, 0.4) is 0 Å². The Hall–Kier alpha value is -0.750. The Morgan fingerprint density at radius 3 is 2.67 bits per heavy atom. The zero-order chi connectivity index (χ0) is 15.0. The first-order valence-corrected chi connectivity index (χ1v) is 8.13. The normalized spacial score (nSPS) is 26.6. The van der Waals surface area contributed by atoms with Gasteiger partial charge in [-0.25, -0.2) is 0 Å². The predicted molar refractivity (Wildman–Crippen MR) is 80.5 cm³/mol. The largest absolute Gasteiger partial charge is 0.418 e. The van der Waals surface area contributed by atoms with Gasteiger partial charge in [0.15, 0.2) is 0 Å². The summed E-state index contributed by atoms with van der Waals surface area (Å²) >= 11 is 3.15. The number of benzene rings is 1. The van der Waals surface area contributed by atoms with Gasteiger partial charge in [0.1, 0.15) is 0 Å². The van der Waals surface area contributed by atoms with Gasteiger partial charge in [-0.15, -0.1) is 0 Å². The van der Waals surface area contributed by atoms with Crippen LogP contribution in [0.5, 0.6) is 0 Å². The molecule has 1 aromatic rings. The third-order valence-electron chi connectivity index (χ3n) is 4.44. The first kappa shape index (κ1) is 15.2. The second-order valence-electron chi connectivity index (χ2n) is 5.77. The summed E-state index contributed by atoms with van der Waals surface area (Å²) in [5, 5.41) is 3.44. The smallest absolute Gasteiger partial charge is 0.366 e. The maximum absolute atomic E-state index is 13.3. The molecule has 0 bridgehead atoms. The zero-order valence-electron chi connectivity index (χ0n) is 11.6. The van der Waals surface area contributed by atoms with Gasteiger partial charge in [-0.1, -0.05) is 15.9 Å². The lowest BCUT2D eigenvalue weighted by molar-refractivity contribution is -0.137. The Kier molecular flexibility index (Phi) is 4.19. The molecular weight excluding hydrogens is 345 g/mol. The number of anilines is 1. The van der Waals surface area contributed by atoms with E-state index >= 15 is 0 Å². The van der Waals surface area contributed by atoms with E-state index in [9.17, 15) is 13.2 Å². The van der Waals surface area contributed by atoms with Gasteiger partial charge in [0.25, 0.3) is 0 Å². The first-order valence-electron chi connectivity index (χ1n) is 7.33. The Morgan fingerprint density at radius 1 is 1.19 bits per heavy atom. The minimum absolute atomic E-state index is 0.176. The summed E-state index contributed by atoms with van der Waals surface area (Å²) in [6.07, 6.45) is -0.239. The van der Waals surface area contributed by atoms with Crippen molar-refractivity contribution in [2.24, 2.45) is 0 Å². The second kappa shape index (κ2) is 5.80. The third-order valence-corrected chi connectivity index (χ3v) is 4.93. The molecule has 2 nitrogen and oxygen atoms in total. The summed E-state index contributed by atoms with van der Waals surface area (Å²) in [6, 6.07) is 4.97. The summed E-state index contributed by atoms with van der Waals surface area (Å²) < 4.78 is 40.4. The monoisotopic (exact) mass is 362 g/mol. The molecule has 2 aliphatic heterocycles. The van der Waals surface area contributed by atoms with Crippen LogP contribution in [0.25, 0.3) is 0 Å². The third kappa shape index (κ3) is 3.06. The van der Waals surface area contributed by atoms with Crippen molar-refractivity contribution in [1.82, 2.24) is 5.32 Å². The molecule has 3 rings (SSSR count). The van der Waals surface area contributed by atoms with Crippen LogP contribution in [-0.4, -0.2) is 25.2 Å². The Balaban J connectivity index is 1.95. The topological polar surface area (TPSA) is 15.3 Å². The minimum atomic E-state index is -4.32. The van der Waals surface area contributed by atoms with Crippen molar-refractivity contribution >= 4 is 21.6 Å². The fourth-order valence-electron chi connectivity index (χ4n) is 3.54.